The Morgan fingerprint density at radius 3 is 2.73 bits per heavy atom. The van der Waals surface area contributed by atoms with Crippen molar-refractivity contribution in [1.82, 2.24) is 0 Å². The van der Waals surface area contributed by atoms with Gasteiger partial charge in [-0.15, -0.1) is 0 Å². The lowest BCUT2D eigenvalue weighted by molar-refractivity contribution is -0.139. The van der Waals surface area contributed by atoms with Gasteiger partial charge in [0.05, 0.1) is 13.7 Å². The molecule has 0 spiro atoms. The van der Waals surface area contributed by atoms with Crippen molar-refractivity contribution >= 4 is 5.97 Å². The molecule has 0 atom stereocenters. The maximum atomic E-state index is 10.3. The normalized spacial score (nSPS) is 9.73. The third kappa shape index (κ3) is 3.14. The van der Waals surface area contributed by atoms with Crippen LogP contribution >= 0.6 is 0 Å². The molecule has 1 rings (SSSR count). The summed E-state index contributed by atoms with van der Waals surface area (Å²) in [5.41, 5.74) is 0.496. The Morgan fingerprint density at radius 1 is 1.47 bits per heavy atom. The van der Waals surface area contributed by atoms with Gasteiger partial charge in [0.15, 0.2) is 6.61 Å². The Labute approximate surface area is 86.9 Å². The molecule has 0 heterocycles. The highest BCUT2D eigenvalue weighted by molar-refractivity contribution is 5.68. The molecule has 1 aromatic carbocycles. The van der Waals surface area contributed by atoms with Crippen molar-refractivity contribution in [2.75, 3.05) is 13.7 Å². The van der Waals surface area contributed by atoms with E-state index in [1.54, 1.807) is 18.2 Å². The summed E-state index contributed by atoms with van der Waals surface area (Å²) in [5.74, 6) is -0.128. The van der Waals surface area contributed by atoms with Gasteiger partial charge in [0.2, 0.25) is 0 Å². The highest BCUT2D eigenvalue weighted by atomic mass is 16.5. The van der Waals surface area contributed by atoms with Crippen molar-refractivity contribution in [1.29, 1.82) is 0 Å². The molecule has 0 fully saturated rings. The lowest BCUT2D eigenvalue weighted by atomic mass is 10.2. The van der Waals surface area contributed by atoms with Gasteiger partial charge in [0, 0.05) is 5.56 Å². The van der Waals surface area contributed by atoms with Gasteiger partial charge in [-0.2, -0.15) is 0 Å². The predicted octanol–water partition coefficient (Wildman–Crippen LogP) is 0.651. The second-order valence-corrected chi connectivity index (χ2v) is 2.81. The molecule has 5 nitrogen and oxygen atoms in total. The minimum atomic E-state index is -1.06. The Morgan fingerprint density at radius 2 is 2.20 bits per heavy atom. The topological polar surface area (TPSA) is 76.0 Å². The number of hydrogen-bond acceptors (Lipinski definition) is 4. The number of aliphatic carboxylic acids is 1. The van der Waals surface area contributed by atoms with Crippen LogP contribution in [0, 0.1) is 0 Å². The average molecular weight is 212 g/mol. The summed E-state index contributed by atoms with van der Waals surface area (Å²) in [7, 11) is 1.51. The first kappa shape index (κ1) is 11.3. The molecule has 0 saturated heterocycles. The highest BCUT2D eigenvalue weighted by Crippen LogP contribution is 2.23. The monoisotopic (exact) mass is 212 g/mol. The summed E-state index contributed by atoms with van der Waals surface area (Å²) in [5, 5.41) is 17.4. The number of aliphatic hydroxyl groups is 1. The first-order valence-electron chi connectivity index (χ1n) is 4.29. The summed E-state index contributed by atoms with van der Waals surface area (Å²) in [6.45, 7) is -0.661. The van der Waals surface area contributed by atoms with Gasteiger partial charge in [-0.1, -0.05) is 0 Å². The molecular formula is C10H12O5. The number of carboxylic acid groups (broad SMARTS) is 1. The van der Waals surface area contributed by atoms with Crippen LogP contribution in [-0.4, -0.2) is 29.9 Å². The molecule has 82 valence electrons. The predicted molar refractivity (Wildman–Crippen MR) is 52.0 cm³/mol. The third-order valence-electron chi connectivity index (χ3n) is 1.79. The standard InChI is InChI=1S/C10H12O5/c1-14-8-2-3-9(7(4-8)5-11)15-6-10(12)13/h2-4,11H,5-6H2,1H3,(H,12,13). The van der Waals surface area contributed by atoms with Crippen molar-refractivity contribution in [3.8, 4) is 11.5 Å². The Hall–Kier alpha value is -1.75. The van der Waals surface area contributed by atoms with Crippen LogP contribution in [0.4, 0.5) is 0 Å². The van der Waals surface area contributed by atoms with E-state index in [4.69, 9.17) is 19.7 Å². The second kappa shape index (κ2) is 5.21. The second-order valence-electron chi connectivity index (χ2n) is 2.81. The lowest BCUT2D eigenvalue weighted by Crippen LogP contribution is -2.10. The van der Waals surface area contributed by atoms with Crippen LogP contribution in [0.3, 0.4) is 0 Å². The maximum Gasteiger partial charge on any atom is 0.341 e. The molecule has 0 aliphatic carbocycles. The van der Waals surface area contributed by atoms with Crippen LogP contribution < -0.4 is 9.47 Å². The molecule has 1 aromatic rings. The Bertz CT molecular complexity index is 348. The number of hydrogen-bond donors (Lipinski definition) is 2. The molecule has 2 N–H and O–H groups in total. The molecule has 0 bridgehead atoms. The van der Waals surface area contributed by atoms with E-state index < -0.39 is 12.6 Å². The lowest BCUT2D eigenvalue weighted by Gasteiger charge is -2.09. The number of ether oxygens (including phenoxy) is 2. The van der Waals surface area contributed by atoms with E-state index in [9.17, 15) is 4.79 Å². The van der Waals surface area contributed by atoms with Gasteiger partial charge in [-0.05, 0) is 18.2 Å². The number of aliphatic hydroxyl groups excluding tert-OH is 1. The van der Waals surface area contributed by atoms with Gasteiger partial charge in [-0.25, -0.2) is 4.79 Å². The fraction of sp³-hybridized carbons (Fsp3) is 0.300. The molecule has 0 aromatic heterocycles. The van der Waals surface area contributed by atoms with Crippen molar-refractivity contribution in [2.24, 2.45) is 0 Å². The zero-order valence-corrected chi connectivity index (χ0v) is 8.27. The van der Waals surface area contributed by atoms with Gasteiger partial charge < -0.3 is 19.7 Å². The molecule has 5 heteroatoms. The summed E-state index contributed by atoms with van der Waals surface area (Å²) in [4.78, 5) is 10.3. The van der Waals surface area contributed by atoms with Crippen molar-refractivity contribution in [3.63, 3.8) is 0 Å². The zero-order valence-electron chi connectivity index (χ0n) is 8.27. The van der Waals surface area contributed by atoms with Gasteiger partial charge in [-0.3, -0.25) is 0 Å². The fourth-order valence-electron chi connectivity index (χ4n) is 1.09. The van der Waals surface area contributed by atoms with Gasteiger partial charge in [0.1, 0.15) is 11.5 Å². The van der Waals surface area contributed by atoms with E-state index in [1.807, 2.05) is 0 Å². The van der Waals surface area contributed by atoms with Crippen LogP contribution in [0.5, 0.6) is 11.5 Å². The van der Waals surface area contributed by atoms with E-state index in [2.05, 4.69) is 0 Å². The smallest absolute Gasteiger partial charge is 0.341 e. The van der Waals surface area contributed by atoms with Gasteiger partial charge >= 0.3 is 5.97 Å². The highest BCUT2D eigenvalue weighted by Gasteiger charge is 2.06. The molecule has 0 aliphatic rings. The van der Waals surface area contributed by atoms with Crippen molar-refractivity contribution in [2.45, 2.75) is 6.61 Å². The fourth-order valence-corrected chi connectivity index (χ4v) is 1.09. The summed E-state index contributed by atoms with van der Waals surface area (Å²) < 4.78 is 9.93. The SMILES string of the molecule is COc1ccc(OCC(=O)O)c(CO)c1. The average Bonchev–Trinajstić information content (AvgIpc) is 2.25. The number of methoxy groups -OCH3 is 1. The largest absolute Gasteiger partial charge is 0.497 e. The minimum absolute atomic E-state index is 0.230. The molecular weight excluding hydrogens is 200 g/mol. The molecule has 0 radical (unpaired) electrons. The van der Waals surface area contributed by atoms with Crippen LogP contribution in [-0.2, 0) is 11.4 Å². The van der Waals surface area contributed by atoms with Crippen LogP contribution in [0.1, 0.15) is 5.56 Å². The van der Waals surface area contributed by atoms with Crippen LogP contribution in [0.15, 0.2) is 18.2 Å². The molecule has 15 heavy (non-hydrogen) atoms. The van der Waals surface area contributed by atoms with Crippen LogP contribution in [0.2, 0.25) is 0 Å². The zero-order chi connectivity index (χ0) is 11.3. The quantitative estimate of drug-likeness (QED) is 0.749. The van der Waals surface area contributed by atoms with Crippen LogP contribution in [0.25, 0.3) is 0 Å². The van der Waals surface area contributed by atoms with E-state index in [0.29, 0.717) is 17.1 Å². The molecule has 0 saturated carbocycles. The van der Waals surface area contributed by atoms with E-state index in [-0.39, 0.29) is 6.61 Å². The van der Waals surface area contributed by atoms with E-state index in [0.717, 1.165) is 0 Å². The molecule has 0 unspecified atom stereocenters. The Kier molecular flexibility index (Phi) is 3.93. The molecule has 0 amide bonds. The number of benzene rings is 1. The van der Waals surface area contributed by atoms with Crippen molar-refractivity contribution in [3.05, 3.63) is 23.8 Å². The molecule has 0 aliphatic heterocycles. The van der Waals surface area contributed by atoms with E-state index >= 15 is 0 Å². The minimum Gasteiger partial charge on any atom is -0.497 e. The Balaban J connectivity index is 2.82. The van der Waals surface area contributed by atoms with E-state index in [1.165, 1.54) is 7.11 Å². The summed E-state index contributed by atoms with van der Waals surface area (Å²) in [6.07, 6.45) is 0. The summed E-state index contributed by atoms with van der Waals surface area (Å²) >= 11 is 0. The maximum absolute atomic E-state index is 10.3. The van der Waals surface area contributed by atoms with Gasteiger partial charge in [0.25, 0.3) is 0 Å². The number of carboxylic acids is 1. The number of rotatable bonds is 5. The first-order chi connectivity index (χ1) is 7.17. The number of carbonyl (C=O) groups is 1. The van der Waals surface area contributed by atoms with Crippen molar-refractivity contribution < 1.29 is 24.5 Å². The third-order valence-corrected chi connectivity index (χ3v) is 1.79. The first-order valence-corrected chi connectivity index (χ1v) is 4.29. The summed E-state index contributed by atoms with van der Waals surface area (Å²) in [6, 6.07) is 4.79.